The second-order valence-electron chi connectivity index (χ2n) is 5.72. The molecule has 2 aromatic carbocycles. The first kappa shape index (κ1) is 18.0. The van der Waals surface area contributed by atoms with Gasteiger partial charge in [-0.25, -0.2) is 18.6 Å². The van der Waals surface area contributed by atoms with E-state index in [-0.39, 0.29) is 17.9 Å². The highest BCUT2D eigenvalue weighted by molar-refractivity contribution is 7.09. The number of carboxylic acid groups (broad SMARTS) is 1. The summed E-state index contributed by atoms with van der Waals surface area (Å²) in [7, 11) is 0. The molecule has 0 radical (unpaired) electrons. The average Bonchev–Trinajstić information content (AvgIpc) is 3.06. The molecule has 0 fully saturated rings. The van der Waals surface area contributed by atoms with E-state index < -0.39 is 17.6 Å². The van der Waals surface area contributed by atoms with E-state index in [2.05, 4.69) is 4.98 Å². The van der Waals surface area contributed by atoms with Gasteiger partial charge in [-0.3, -0.25) is 0 Å². The zero-order chi connectivity index (χ0) is 18.7. The van der Waals surface area contributed by atoms with E-state index in [4.69, 9.17) is 9.84 Å². The van der Waals surface area contributed by atoms with Crippen LogP contribution in [0.5, 0.6) is 5.75 Å². The van der Waals surface area contributed by atoms with Gasteiger partial charge < -0.3 is 9.84 Å². The van der Waals surface area contributed by atoms with Gasteiger partial charge in [-0.15, -0.1) is 11.3 Å². The average molecular weight is 375 g/mol. The first-order valence-electron chi connectivity index (χ1n) is 7.77. The normalized spacial score (nSPS) is 10.7. The summed E-state index contributed by atoms with van der Waals surface area (Å²) in [5.74, 6) is -2.40. The fourth-order valence-electron chi connectivity index (χ4n) is 2.46. The molecular formula is C19H15F2NO3S. The number of hydrogen-bond donors (Lipinski definition) is 1. The highest BCUT2D eigenvalue weighted by Crippen LogP contribution is 2.26. The van der Waals surface area contributed by atoms with Crippen molar-refractivity contribution in [2.45, 2.75) is 20.0 Å². The van der Waals surface area contributed by atoms with Crippen molar-refractivity contribution in [3.8, 4) is 5.75 Å². The summed E-state index contributed by atoms with van der Waals surface area (Å²) in [4.78, 5) is 15.0. The zero-order valence-electron chi connectivity index (χ0n) is 13.8. The van der Waals surface area contributed by atoms with Gasteiger partial charge in [0.1, 0.15) is 12.4 Å². The predicted octanol–water partition coefficient (Wildman–Crippen LogP) is 4.60. The van der Waals surface area contributed by atoms with E-state index in [1.165, 1.54) is 28.8 Å². The number of thiazole rings is 1. The zero-order valence-corrected chi connectivity index (χ0v) is 14.6. The molecule has 0 bridgehead atoms. The Labute approximate surface area is 152 Å². The van der Waals surface area contributed by atoms with Gasteiger partial charge in [0.2, 0.25) is 0 Å². The maximum atomic E-state index is 13.8. The molecule has 26 heavy (non-hydrogen) atoms. The van der Waals surface area contributed by atoms with Gasteiger partial charge in [0.05, 0.1) is 5.01 Å². The summed E-state index contributed by atoms with van der Waals surface area (Å²) < 4.78 is 32.8. The Kier molecular flexibility index (Phi) is 5.27. The second-order valence-corrected chi connectivity index (χ2v) is 6.66. The Morgan fingerprint density at radius 3 is 2.77 bits per heavy atom. The molecule has 0 aliphatic heterocycles. The van der Waals surface area contributed by atoms with Crippen LogP contribution in [-0.2, 0) is 13.0 Å². The summed E-state index contributed by atoms with van der Waals surface area (Å²) in [6.45, 7) is 1.81. The fraction of sp³-hybridized carbons (Fsp3) is 0.158. The molecule has 0 amide bonds. The van der Waals surface area contributed by atoms with E-state index in [0.29, 0.717) is 17.2 Å². The predicted molar refractivity (Wildman–Crippen MR) is 93.7 cm³/mol. The monoisotopic (exact) mass is 375 g/mol. The van der Waals surface area contributed by atoms with Crippen molar-refractivity contribution in [1.29, 1.82) is 0 Å². The third-order valence-electron chi connectivity index (χ3n) is 3.74. The van der Waals surface area contributed by atoms with Crippen LogP contribution < -0.4 is 4.74 Å². The minimum absolute atomic E-state index is 0.00181. The molecule has 3 aromatic rings. The van der Waals surface area contributed by atoms with Crippen molar-refractivity contribution >= 4 is 17.3 Å². The largest absolute Gasteiger partial charge is 0.488 e. The van der Waals surface area contributed by atoms with Crippen molar-refractivity contribution in [2.75, 3.05) is 0 Å². The van der Waals surface area contributed by atoms with Crippen LogP contribution in [0, 0.1) is 18.6 Å². The number of benzene rings is 2. The van der Waals surface area contributed by atoms with E-state index in [1.54, 1.807) is 6.07 Å². The van der Waals surface area contributed by atoms with Gasteiger partial charge in [0.25, 0.3) is 0 Å². The van der Waals surface area contributed by atoms with E-state index >= 15 is 0 Å². The second kappa shape index (κ2) is 7.61. The lowest BCUT2D eigenvalue weighted by Gasteiger charge is -2.12. The highest BCUT2D eigenvalue weighted by atomic mass is 32.1. The number of aromatic carboxylic acids is 1. The molecule has 1 N–H and O–H groups in total. The first-order valence-corrected chi connectivity index (χ1v) is 8.65. The highest BCUT2D eigenvalue weighted by Gasteiger charge is 2.13. The Morgan fingerprint density at radius 1 is 1.23 bits per heavy atom. The minimum atomic E-state index is -1.07. The lowest BCUT2D eigenvalue weighted by atomic mass is 10.1. The number of nitrogens with zero attached hydrogens (tertiary/aromatic N) is 1. The van der Waals surface area contributed by atoms with Gasteiger partial charge >= 0.3 is 5.97 Å². The van der Waals surface area contributed by atoms with Crippen LogP contribution >= 0.6 is 11.3 Å². The maximum absolute atomic E-state index is 13.8. The Morgan fingerprint density at radius 2 is 2.04 bits per heavy atom. The van der Waals surface area contributed by atoms with Gasteiger partial charge in [0, 0.05) is 22.9 Å². The molecule has 1 heterocycles. The maximum Gasteiger partial charge on any atom is 0.355 e. The van der Waals surface area contributed by atoms with Gasteiger partial charge in [-0.2, -0.15) is 0 Å². The summed E-state index contributed by atoms with van der Waals surface area (Å²) in [6.07, 6.45) is 0.389. The lowest BCUT2D eigenvalue weighted by Crippen LogP contribution is -2.03. The topological polar surface area (TPSA) is 59.4 Å². The van der Waals surface area contributed by atoms with Crippen LogP contribution in [-0.4, -0.2) is 16.1 Å². The quantitative estimate of drug-likeness (QED) is 0.684. The molecule has 0 aliphatic rings. The van der Waals surface area contributed by atoms with E-state index in [9.17, 15) is 13.6 Å². The molecule has 0 saturated heterocycles. The number of hydrogen-bond acceptors (Lipinski definition) is 4. The van der Waals surface area contributed by atoms with Gasteiger partial charge in [0.15, 0.2) is 17.3 Å². The van der Waals surface area contributed by atoms with E-state index in [0.717, 1.165) is 17.2 Å². The number of aryl methyl sites for hydroxylation is 1. The van der Waals surface area contributed by atoms with Crippen LogP contribution in [0.15, 0.2) is 41.8 Å². The molecule has 134 valence electrons. The van der Waals surface area contributed by atoms with Crippen LogP contribution in [0.3, 0.4) is 0 Å². The van der Waals surface area contributed by atoms with Crippen molar-refractivity contribution in [1.82, 2.24) is 4.98 Å². The third-order valence-corrected chi connectivity index (χ3v) is 4.59. The summed E-state index contributed by atoms with van der Waals surface area (Å²) in [6, 6.07) is 9.46. The number of rotatable bonds is 6. The van der Waals surface area contributed by atoms with Crippen LogP contribution in [0.25, 0.3) is 0 Å². The van der Waals surface area contributed by atoms with Crippen molar-refractivity contribution < 1.29 is 23.4 Å². The van der Waals surface area contributed by atoms with Crippen molar-refractivity contribution in [2.24, 2.45) is 0 Å². The Balaban J connectivity index is 1.81. The standard InChI is InChI=1S/C19H15F2NO3S/c1-11-5-6-16(25-9-12-3-2-4-14(20)18(12)21)13(7-11)8-17-22-15(10-26-17)19(23)24/h2-7,10H,8-9H2,1H3,(H,23,24). The minimum Gasteiger partial charge on any atom is -0.488 e. The van der Waals surface area contributed by atoms with Crippen molar-refractivity contribution in [3.05, 3.63) is 80.8 Å². The van der Waals surface area contributed by atoms with Crippen LogP contribution in [0.4, 0.5) is 8.78 Å². The summed E-state index contributed by atoms with van der Waals surface area (Å²) in [5.41, 5.74) is 1.92. The van der Waals surface area contributed by atoms with Crippen LogP contribution in [0.2, 0.25) is 0 Å². The molecule has 3 rings (SSSR count). The molecule has 0 aliphatic carbocycles. The number of halogens is 2. The van der Waals surface area contributed by atoms with Gasteiger partial charge in [-0.1, -0.05) is 29.8 Å². The summed E-state index contributed by atoms with van der Waals surface area (Å²) in [5, 5.41) is 11.1. The van der Waals surface area contributed by atoms with Gasteiger partial charge in [-0.05, 0) is 19.1 Å². The molecule has 1 aromatic heterocycles. The Bertz CT molecular complexity index is 956. The SMILES string of the molecule is Cc1ccc(OCc2cccc(F)c2F)c(Cc2nc(C(=O)O)cs2)c1. The molecule has 0 spiro atoms. The number of carbonyl (C=O) groups is 1. The molecule has 0 saturated carbocycles. The lowest BCUT2D eigenvalue weighted by molar-refractivity contribution is 0.0691. The first-order chi connectivity index (χ1) is 12.4. The number of ether oxygens (including phenoxy) is 1. The summed E-state index contributed by atoms with van der Waals surface area (Å²) >= 11 is 1.25. The smallest absolute Gasteiger partial charge is 0.355 e. The fourth-order valence-corrected chi connectivity index (χ4v) is 3.25. The molecule has 4 nitrogen and oxygen atoms in total. The molecule has 0 atom stereocenters. The number of aromatic nitrogens is 1. The van der Waals surface area contributed by atoms with Crippen molar-refractivity contribution in [3.63, 3.8) is 0 Å². The van der Waals surface area contributed by atoms with Crippen LogP contribution in [0.1, 0.15) is 32.2 Å². The van der Waals surface area contributed by atoms with E-state index in [1.807, 2.05) is 19.1 Å². The molecular weight excluding hydrogens is 360 g/mol. The number of carboxylic acids is 1. The Hall–Kier alpha value is -2.80. The third kappa shape index (κ3) is 4.05. The molecule has 7 heteroatoms. The molecule has 0 unspecified atom stereocenters.